The first-order chi connectivity index (χ1) is 10.1. The van der Waals surface area contributed by atoms with E-state index in [1.54, 1.807) is 0 Å². The number of nitrogens with zero attached hydrogens (tertiary/aromatic N) is 1. The molecular formula is C16H25N3O2. The van der Waals surface area contributed by atoms with Crippen LogP contribution in [0.25, 0.3) is 0 Å². The van der Waals surface area contributed by atoms with E-state index in [1.807, 2.05) is 6.92 Å². The lowest BCUT2D eigenvalue weighted by atomic mass is 9.76. The zero-order chi connectivity index (χ0) is 15.3. The Morgan fingerprint density at radius 3 is 2.81 bits per heavy atom. The van der Waals surface area contributed by atoms with Gasteiger partial charge < -0.3 is 15.8 Å². The molecule has 0 aliphatic heterocycles. The SMILES string of the molecule is CCN=C(/C=C\N)C(=O)NC(C=O)C1CCCC2(CC2)C1. The van der Waals surface area contributed by atoms with Crippen molar-refractivity contribution in [2.75, 3.05) is 6.54 Å². The third-order valence-electron chi connectivity index (χ3n) is 4.70. The Morgan fingerprint density at radius 1 is 1.48 bits per heavy atom. The standard InChI is InChI=1S/C16H25N3O2/c1-2-18-13(5-9-17)15(21)19-14(11-20)12-4-3-6-16(10-12)7-8-16/h5,9,11-12,14H,2-4,6-8,10,17H2,1H3,(H,19,21)/b9-5-,18-13?. The average molecular weight is 291 g/mol. The van der Waals surface area contributed by atoms with Gasteiger partial charge in [0.2, 0.25) is 0 Å². The van der Waals surface area contributed by atoms with Gasteiger partial charge in [-0.1, -0.05) is 6.42 Å². The lowest BCUT2D eigenvalue weighted by Crippen LogP contribution is -2.45. The van der Waals surface area contributed by atoms with E-state index in [0.29, 0.717) is 12.0 Å². The van der Waals surface area contributed by atoms with Gasteiger partial charge in [-0.3, -0.25) is 9.79 Å². The largest absolute Gasteiger partial charge is 0.405 e. The van der Waals surface area contributed by atoms with Crippen LogP contribution < -0.4 is 11.1 Å². The third-order valence-corrected chi connectivity index (χ3v) is 4.70. The van der Waals surface area contributed by atoms with Crippen LogP contribution in [0, 0.1) is 11.3 Å². The number of aliphatic imine (C=N–C) groups is 1. The fourth-order valence-electron chi connectivity index (χ4n) is 3.39. The van der Waals surface area contributed by atoms with Gasteiger partial charge in [-0.15, -0.1) is 0 Å². The first-order valence-electron chi connectivity index (χ1n) is 7.83. The van der Waals surface area contributed by atoms with Crippen LogP contribution in [0.1, 0.15) is 45.4 Å². The maximum absolute atomic E-state index is 12.2. The molecule has 0 heterocycles. The third kappa shape index (κ3) is 3.93. The quantitative estimate of drug-likeness (QED) is 0.575. The van der Waals surface area contributed by atoms with Crippen LogP contribution in [-0.2, 0) is 9.59 Å². The van der Waals surface area contributed by atoms with Crippen LogP contribution in [0.3, 0.4) is 0 Å². The van der Waals surface area contributed by atoms with Gasteiger partial charge in [0.05, 0.1) is 6.04 Å². The van der Waals surface area contributed by atoms with E-state index in [1.165, 1.54) is 31.5 Å². The molecule has 2 saturated carbocycles. The van der Waals surface area contributed by atoms with Crippen molar-refractivity contribution in [3.8, 4) is 0 Å². The molecule has 0 aromatic rings. The summed E-state index contributed by atoms with van der Waals surface area (Å²) < 4.78 is 0. The summed E-state index contributed by atoms with van der Waals surface area (Å²) in [6, 6.07) is -0.413. The minimum Gasteiger partial charge on any atom is -0.405 e. The Labute approximate surface area is 126 Å². The Kier molecular flexibility index (Phi) is 5.15. The van der Waals surface area contributed by atoms with Gasteiger partial charge in [0.1, 0.15) is 12.0 Å². The Bertz CT molecular complexity index is 452. The van der Waals surface area contributed by atoms with Crippen molar-refractivity contribution in [1.82, 2.24) is 5.32 Å². The molecule has 3 N–H and O–H groups in total. The lowest BCUT2D eigenvalue weighted by Gasteiger charge is -2.32. The molecule has 116 valence electrons. The predicted molar refractivity (Wildman–Crippen MR) is 82.9 cm³/mol. The highest BCUT2D eigenvalue weighted by Gasteiger charge is 2.47. The summed E-state index contributed by atoms with van der Waals surface area (Å²) in [6.45, 7) is 2.36. The highest BCUT2D eigenvalue weighted by Crippen LogP contribution is 2.57. The molecule has 0 bridgehead atoms. The van der Waals surface area contributed by atoms with Crippen molar-refractivity contribution in [3.63, 3.8) is 0 Å². The highest BCUT2D eigenvalue weighted by atomic mass is 16.2. The van der Waals surface area contributed by atoms with Gasteiger partial charge in [-0.25, -0.2) is 0 Å². The van der Waals surface area contributed by atoms with Gasteiger partial charge in [0, 0.05) is 6.54 Å². The normalized spacial score (nSPS) is 25.8. The molecule has 0 aromatic carbocycles. The van der Waals surface area contributed by atoms with Crippen LogP contribution in [0.5, 0.6) is 0 Å². The zero-order valence-corrected chi connectivity index (χ0v) is 12.7. The predicted octanol–water partition coefficient (Wildman–Crippen LogP) is 1.57. The Hall–Kier alpha value is -1.65. The van der Waals surface area contributed by atoms with Crippen LogP contribution in [-0.4, -0.2) is 30.5 Å². The molecule has 0 aromatic heterocycles. The minimum absolute atomic E-state index is 0.257. The molecule has 5 heteroatoms. The molecule has 2 fully saturated rings. The summed E-state index contributed by atoms with van der Waals surface area (Å²) >= 11 is 0. The fraction of sp³-hybridized carbons (Fsp3) is 0.688. The van der Waals surface area contributed by atoms with E-state index in [9.17, 15) is 9.59 Å². The van der Waals surface area contributed by atoms with E-state index < -0.39 is 6.04 Å². The van der Waals surface area contributed by atoms with Crippen molar-refractivity contribution < 1.29 is 9.59 Å². The van der Waals surface area contributed by atoms with Gasteiger partial charge in [-0.2, -0.15) is 0 Å². The Morgan fingerprint density at radius 2 is 2.24 bits per heavy atom. The molecule has 2 rings (SSSR count). The molecule has 21 heavy (non-hydrogen) atoms. The molecule has 0 saturated heterocycles. The van der Waals surface area contributed by atoms with Gasteiger partial charge in [0.15, 0.2) is 0 Å². The van der Waals surface area contributed by atoms with Crippen molar-refractivity contribution in [2.45, 2.75) is 51.5 Å². The van der Waals surface area contributed by atoms with Gasteiger partial charge >= 0.3 is 0 Å². The number of carbonyl (C=O) groups is 2. The second-order valence-corrected chi connectivity index (χ2v) is 6.21. The van der Waals surface area contributed by atoms with Crippen LogP contribution in [0.4, 0.5) is 0 Å². The average Bonchev–Trinajstić information content (AvgIpc) is 3.23. The van der Waals surface area contributed by atoms with Crippen LogP contribution in [0.2, 0.25) is 0 Å². The van der Waals surface area contributed by atoms with Crippen molar-refractivity contribution in [2.24, 2.45) is 22.1 Å². The van der Waals surface area contributed by atoms with E-state index in [4.69, 9.17) is 5.73 Å². The summed E-state index contributed by atoms with van der Waals surface area (Å²) in [4.78, 5) is 27.7. The van der Waals surface area contributed by atoms with Gasteiger partial charge in [-0.05, 0) is 62.6 Å². The van der Waals surface area contributed by atoms with Gasteiger partial charge in [0.25, 0.3) is 5.91 Å². The number of aldehydes is 1. The molecule has 5 nitrogen and oxygen atoms in total. The van der Waals surface area contributed by atoms with Crippen molar-refractivity contribution >= 4 is 17.9 Å². The number of amides is 1. The molecule has 0 radical (unpaired) electrons. The molecule has 2 aliphatic rings. The topological polar surface area (TPSA) is 84.5 Å². The molecule has 2 aliphatic carbocycles. The number of hydrogen-bond acceptors (Lipinski definition) is 4. The van der Waals surface area contributed by atoms with E-state index >= 15 is 0 Å². The first-order valence-corrected chi connectivity index (χ1v) is 7.83. The number of nitrogens with two attached hydrogens (primary N) is 1. The maximum Gasteiger partial charge on any atom is 0.270 e. The molecule has 1 amide bonds. The highest BCUT2D eigenvalue weighted by molar-refractivity contribution is 6.43. The number of hydrogen-bond donors (Lipinski definition) is 2. The number of carbonyl (C=O) groups excluding carboxylic acids is 2. The Balaban J connectivity index is 1.99. The number of nitrogens with one attached hydrogen (secondary N) is 1. The van der Waals surface area contributed by atoms with E-state index in [-0.39, 0.29) is 17.5 Å². The van der Waals surface area contributed by atoms with Crippen LogP contribution in [0.15, 0.2) is 17.3 Å². The van der Waals surface area contributed by atoms with Crippen molar-refractivity contribution in [1.29, 1.82) is 0 Å². The fourth-order valence-corrected chi connectivity index (χ4v) is 3.39. The second kappa shape index (κ2) is 6.87. The second-order valence-electron chi connectivity index (χ2n) is 6.21. The summed E-state index contributed by atoms with van der Waals surface area (Å²) in [5.41, 5.74) is 6.10. The van der Waals surface area contributed by atoms with Crippen molar-refractivity contribution in [3.05, 3.63) is 12.3 Å². The first kappa shape index (κ1) is 15.7. The molecular weight excluding hydrogens is 266 g/mol. The van der Waals surface area contributed by atoms with Crippen LogP contribution >= 0.6 is 0 Å². The summed E-state index contributed by atoms with van der Waals surface area (Å²) in [5, 5.41) is 2.83. The zero-order valence-electron chi connectivity index (χ0n) is 12.7. The molecule has 1 spiro atoms. The maximum atomic E-state index is 12.2. The smallest absolute Gasteiger partial charge is 0.270 e. The molecule has 2 atom stereocenters. The molecule has 2 unspecified atom stereocenters. The van der Waals surface area contributed by atoms with E-state index in [0.717, 1.165) is 25.5 Å². The summed E-state index contributed by atoms with van der Waals surface area (Å²) in [6.07, 6.45) is 10.7. The summed E-state index contributed by atoms with van der Waals surface area (Å²) in [5.74, 6) is -0.0569. The monoisotopic (exact) mass is 291 g/mol. The van der Waals surface area contributed by atoms with E-state index in [2.05, 4.69) is 10.3 Å². The summed E-state index contributed by atoms with van der Waals surface area (Å²) in [7, 11) is 0. The minimum atomic E-state index is -0.413. The number of rotatable bonds is 6. The lowest BCUT2D eigenvalue weighted by molar-refractivity contribution is -0.120.